The smallest absolute Gasteiger partial charge is 0.259 e. The molecule has 1 unspecified atom stereocenters. The molecule has 0 spiro atoms. The topological polar surface area (TPSA) is 76.7 Å². The summed E-state index contributed by atoms with van der Waals surface area (Å²) in [5, 5.41) is 0.320. The van der Waals surface area contributed by atoms with E-state index in [4.69, 9.17) is 0 Å². The summed E-state index contributed by atoms with van der Waals surface area (Å²) in [5.74, 6) is 3.73. The molecule has 0 bridgehead atoms. The van der Waals surface area contributed by atoms with Crippen LogP contribution in [0.25, 0.3) is 10.9 Å². The van der Waals surface area contributed by atoms with E-state index in [1.54, 1.807) is 34.5 Å². The van der Waals surface area contributed by atoms with Gasteiger partial charge in [-0.15, -0.1) is 0 Å². The number of H-pyrrole nitrogens is 1. The molecule has 0 radical (unpaired) electrons. The Kier molecular flexibility index (Phi) is 6.75. The SMILES string of the molecule is C=S(=O)(c1ccc2[nH]cc(C(=O)N3CCN(c4ccccc4)CC3)c(=O)c2c1)N(C)c1ccc(C)c(C)c1. The zero-order chi connectivity index (χ0) is 27.0. The molecule has 196 valence electrons. The second kappa shape index (κ2) is 10.0. The van der Waals surface area contributed by atoms with Crippen molar-refractivity contribution in [2.75, 3.05) is 42.4 Å². The van der Waals surface area contributed by atoms with Crippen molar-refractivity contribution in [3.63, 3.8) is 0 Å². The lowest BCUT2D eigenvalue weighted by Gasteiger charge is -2.36. The van der Waals surface area contributed by atoms with Gasteiger partial charge in [-0.25, -0.2) is 4.21 Å². The molecule has 1 amide bonds. The van der Waals surface area contributed by atoms with Crippen LogP contribution in [-0.2, 0) is 9.71 Å². The van der Waals surface area contributed by atoms with E-state index in [2.05, 4.69) is 27.9 Å². The molecule has 7 nitrogen and oxygen atoms in total. The van der Waals surface area contributed by atoms with Crippen LogP contribution in [0.15, 0.2) is 82.6 Å². The Balaban J connectivity index is 1.41. The molecule has 1 aliphatic rings. The maximum Gasteiger partial charge on any atom is 0.259 e. The maximum atomic E-state index is 13.9. The molecule has 8 heteroatoms. The third-order valence-corrected chi connectivity index (χ3v) is 9.52. The van der Waals surface area contributed by atoms with Crippen molar-refractivity contribution >= 4 is 43.8 Å². The van der Waals surface area contributed by atoms with Gasteiger partial charge in [0.15, 0.2) is 0 Å². The molecule has 1 aliphatic heterocycles. The summed E-state index contributed by atoms with van der Waals surface area (Å²) in [4.78, 5) is 34.3. The van der Waals surface area contributed by atoms with Gasteiger partial charge < -0.3 is 14.8 Å². The van der Waals surface area contributed by atoms with Crippen LogP contribution in [0.5, 0.6) is 0 Å². The van der Waals surface area contributed by atoms with Gasteiger partial charge in [0.25, 0.3) is 5.91 Å². The van der Waals surface area contributed by atoms with Crippen molar-refractivity contribution in [2.45, 2.75) is 18.7 Å². The largest absolute Gasteiger partial charge is 0.368 e. The Morgan fingerprint density at radius 2 is 1.66 bits per heavy atom. The Morgan fingerprint density at radius 3 is 2.34 bits per heavy atom. The summed E-state index contributed by atoms with van der Waals surface area (Å²) in [5.41, 5.74) is 4.43. The van der Waals surface area contributed by atoms with E-state index in [1.165, 1.54) is 6.20 Å². The summed E-state index contributed by atoms with van der Waals surface area (Å²) in [6.45, 7) is 6.47. The minimum Gasteiger partial charge on any atom is -0.368 e. The molecule has 5 rings (SSSR count). The van der Waals surface area contributed by atoms with E-state index in [0.29, 0.717) is 42.0 Å². The van der Waals surface area contributed by atoms with Crippen LogP contribution in [-0.4, -0.2) is 59.1 Å². The number of aromatic nitrogens is 1. The zero-order valence-electron chi connectivity index (χ0n) is 21.9. The average molecular weight is 529 g/mol. The molecule has 3 aromatic carbocycles. The van der Waals surface area contributed by atoms with E-state index in [9.17, 15) is 13.8 Å². The van der Waals surface area contributed by atoms with Gasteiger partial charge in [-0.05, 0) is 73.3 Å². The number of nitrogens with zero attached hydrogens (tertiary/aromatic N) is 3. The molecule has 1 fully saturated rings. The number of amides is 1. The van der Waals surface area contributed by atoms with Gasteiger partial charge in [-0.2, -0.15) is 0 Å². The highest BCUT2D eigenvalue weighted by molar-refractivity contribution is 8.01. The summed E-state index contributed by atoms with van der Waals surface area (Å²) in [7, 11) is -1.20. The highest BCUT2D eigenvalue weighted by atomic mass is 32.2. The number of para-hydroxylation sites is 1. The highest BCUT2D eigenvalue weighted by Crippen LogP contribution is 2.26. The first-order valence-corrected chi connectivity index (χ1v) is 14.3. The van der Waals surface area contributed by atoms with E-state index in [0.717, 1.165) is 22.5 Å². The van der Waals surface area contributed by atoms with E-state index in [-0.39, 0.29) is 16.9 Å². The fraction of sp³-hybridized carbons (Fsp3) is 0.233. The lowest BCUT2D eigenvalue weighted by atomic mass is 10.1. The third kappa shape index (κ3) is 4.67. The molecule has 2 heterocycles. The first-order chi connectivity index (χ1) is 18.2. The number of hydrogen-bond acceptors (Lipinski definition) is 4. The Hall–Kier alpha value is -4.04. The van der Waals surface area contributed by atoms with Gasteiger partial charge >= 0.3 is 0 Å². The molecular formula is C30H32N4O3S. The third-order valence-electron chi connectivity index (χ3n) is 7.44. The summed E-state index contributed by atoms with van der Waals surface area (Å²) in [6, 6.07) is 21.0. The quantitative estimate of drug-likeness (QED) is 0.393. The first-order valence-electron chi connectivity index (χ1n) is 12.6. The maximum absolute atomic E-state index is 13.9. The monoisotopic (exact) mass is 528 g/mol. The minimum absolute atomic E-state index is 0.0842. The molecular weight excluding hydrogens is 496 g/mol. The van der Waals surface area contributed by atoms with Crippen LogP contribution >= 0.6 is 0 Å². The van der Waals surface area contributed by atoms with Crippen molar-refractivity contribution in [1.82, 2.24) is 9.88 Å². The average Bonchev–Trinajstić information content (AvgIpc) is 2.94. The fourth-order valence-electron chi connectivity index (χ4n) is 4.78. The Labute approximate surface area is 223 Å². The van der Waals surface area contributed by atoms with Crippen molar-refractivity contribution in [2.24, 2.45) is 0 Å². The van der Waals surface area contributed by atoms with Crippen LogP contribution in [0.4, 0.5) is 11.4 Å². The number of hydrogen-bond donors (Lipinski definition) is 1. The standard InChI is InChI=1S/C30H32N4O3S/c1-21-10-11-24(18-22(21)2)32(3)38(4,37)25-12-13-28-26(19-25)29(35)27(20-31-28)30(36)34-16-14-33(15-17-34)23-8-6-5-7-9-23/h5-13,18-20H,4,14-17H2,1-3H3,(H,31,35). The molecule has 1 atom stereocenters. The number of fused-ring (bicyclic) bond motifs is 1. The number of rotatable bonds is 5. The van der Waals surface area contributed by atoms with Crippen LogP contribution < -0.4 is 14.6 Å². The molecule has 4 aromatic rings. The number of carbonyl (C=O) groups excluding carboxylic acids is 1. The minimum atomic E-state index is -2.94. The first kappa shape index (κ1) is 25.6. The number of piperazine rings is 1. The van der Waals surface area contributed by atoms with Crippen molar-refractivity contribution in [3.8, 4) is 0 Å². The van der Waals surface area contributed by atoms with Gasteiger partial charge in [-0.3, -0.25) is 13.9 Å². The van der Waals surface area contributed by atoms with Gasteiger partial charge in [0.05, 0.1) is 14.6 Å². The lowest BCUT2D eigenvalue weighted by molar-refractivity contribution is 0.0745. The van der Waals surface area contributed by atoms with Crippen molar-refractivity contribution in [3.05, 3.63) is 99.8 Å². The van der Waals surface area contributed by atoms with Gasteiger partial charge in [0, 0.05) is 61.7 Å². The second-order valence-electron chi connectivity index (χ2n) is 9.76. The summed E-state index contributed by atoms with van der Waals surface area (Å²) in [6.07, 6.45) is 1.49. The molecule has 0 saturated carbocycles. The van der Waals surface area contributed by atoms with Gasteiger partial charge in [0.2, 0.25) is 5.43 Å². The van der Waals surface area contributed by atoms with Crippen LogP contribution in [0.3, 0.4) is 0 Å². The number of nitrogens with one attached hydrogen (secondary N) is 1. The molecule has 38 heavy (non-hydrogen) atoms. The van der Waals surface area contributed by atoms with Crippen LogP contribution in [0.2, 0.25) is 0 Å². The predicted molar refractivity (Wildman–Crippen MR) is 157 cm³/mol. The number of pyridine rings is 1. The summed E-state index contributed by atoms with van der Waals surface area (Å²) < 4.78 is 15.5. The van der Waals surface area contributed by atoms with Crippen LogP contribution in [0.1, 0.15) is 21.5 Å². The van der Waals surface area contributed by atoms with E-state index in [1.807, 2.05) is 50.2 Å². The fourth-order valence-corrected chi connectivity index (χ4v) is 6.13. The van der Waals surface area contributed by atoms with Crippen LogP contribution in [0, 0.1) is 13.8 Å². The van der Waals surface area contributed by atoms with E-state index >= 15 is 0 Å². The number of anilines is 2. The lowest BCUT2D eigenvalue weighted by Crippen LogP contribution is -2.49. The van der Waals surface area contributed by atoms with Crippen molar-refractivity contribution < 1.29 is 9.00 Å². The molecule has 1 saturated heterocycles. The zero-order valence-corrected chi connectivity index (χ0v) is 22.8. The number of aromatic amines is 1. The molecule has 1 aromatic heterocycles. The second-order valence-corrected chi connectivity index (χ2v) is 12.1. The van der Waals surface area contributed by atoms with E-state index < -0.39 is 9.71 Å². The predicted octanol–water partition coefficient (Wildman–Crippen LogP) is 4.23. The van der Waals surface area contributed by atoms with Crippen molar-refractivity contribution in [1.29, 1.82) is 0 Å². The molecule has 1 N–H and O–H groups in total. The Bertz CT molecular complexity index is 1670. The molecule has 0 aliphatic carbocycles. The normalized spacial score (nSPS) is 15.3. The number of aryl methyl sites for hydroxylation is 2. The number of benzene rings is 3. The number of carbonyl (C=O) groups is 1. The summed E-state index contributed by atoms with van der Waals surface area (Å²) >= 11 is 0. The highest BCUT2D eigenvalue weighted by Gasteiger charge is 2.25. The van der Waals surface area contributed by atoms with Gasteiger partial charge in [-0.1, -0.05) is 24.3 Å². The Morgan fingerprint density at radius 1 is 0.947 bits per heavy atom. The van der Waals surface area contributed by atoms with Gasteiger partial charge in [0.1, 0.15) is 5.56 Å².